The molecule has 54 valence electrons. The van der Waals surface area contributed by atoms with Crippen LogP contribution < -0.4 is 0 Å². The van der Waals surface area contributed by atoms with E-state index in [-0.39, 0.29) is 0 Å². The molecule has 0 unspecified atom stereocenters. The van der Waals surface area contributed by atoms with Gasteiger partial charge in [-0.1, -0.05) is 25.6 Å². The number of allylic oxidation sites excluding steroid dienone is 1. The van der Waals surface area contributed by atoms with Crippen molar-refractivity contribution in [3.8, 4) is 0 Å². The Morgan fingerprint density at radius 2 is 1.89 bits per heavy atom. The predicted octanol–water partition coefficient (Wildman–Crippen LogP) is 2.42. The minimum Gasteiger partial charge on any atom is -0.256 e. The van der Waals surface area contributed by atoms with E-state index in [0.717, 1.165) is 5.70 Å². The van der Waals surface area contributed by atoms with Crippen LogP contribution in [0.1, 0.15) is 20.8 Å². The Hall–Kier alpha value is -0.860. The second-order valence-electron chi connectivity index (χ2n) is 1.36. The summed E-state index contributed by atoms with van der Waals surface area (Å²) in [4.78, 5) is 0. The van der Waals surface area contributed by atoms with Gasteiger partial charge >= 0.3 is 0 Å². The van der Waals surface area contributed by atoms with Gasteiger partial charge < -0.3 is 0 Å². The molecule has 0 aromatic rings. The van der Waals surface area contributed by atoms with Crippen LogP contribution in [0.3, 0.4) is 0 Å². The van der Waals surface area contributed by atoms with Crippen molar-refractivity contribution in [2.45, 2.75) is 20.8 Å². The van der Waals surface area contributed by atoms with Crippen LogP contribution in [0, 0.1) is 5.53 Å². The van der Waals surface area contributed by atoms with Crippen LogP contribution in [0.2, 0.25) is 0 Å². The second-order valence-corrected chi connectivity index (χ2v) is 1.36. The minimum atomic E-state index is 0.773. The van der Waals surface area contributed by atoms with Crippen molar-refractivity contribution in [1.29, 1.82) is 5.53 Å². The highest BCUT2D eigenvalue weighted by molar-refractivity contribution is 4.82. The van der Waals surface area contributed by atoms with Crippen molar-refractivity contribution < 1.29 is 0 Å². The van der Waals surface area contributed by atoms with Crippen LogP contribution in [0.5, 0.6) is 0 Å². The summed E-state index contributed by atoms with van der Waals surface area (Å²) < 4.78 is 0. The largest absolute Gasteiger partial charge is 0.256 e. The molecule has 0 saturated heterocycles. The van der Waals surface area contributed by atoms with E-state index in [1.165, 1.54) is 5.01 Å². The maximum absolute atomic E-state index is 6.43. The summed E-state index contributed by atoms with van der Waals surface area (Å²) in [6.07, 6.45) is 0. The highest BCUT2D eigenvalue weighted by Gasteiger charge is 1.86. The van der Waals surface area contributed by atoms with Crippen LogP contribution in [-0.2, 0) is 0 Å². The summed E-state index contributed by atoms with van der Waals surface area (Å²) in [6.45, 7) is 9.33. The average molecular weight is 129 g/mol. The fraction of sp³-hybridized carbons (Fsp3) is 0.667. The van der Waals surface area contributed by atoms with Gasteiger partial charge in [0.15, 0.2) is 0 Å². The normalized spacial score (nSPS) is 6.67. The van der Waals surface area contributed by atoms with Crippen molar-refractivity contribution in [2.24, 2.45) is 5.22 Å². The molecule has 3 heteroatoms. The van der Waals surface area contributed by atoms with Crippen molar-refractivity contribution >= 4 is 0 Å². The minimum absolute atomic E-state index is 0.773. The van der Waals surface area contributed by atoms with E-state index in [4.69, 9.17) is 5.53 Å². The van der Waals surface area contributed by atoms with Gasteiger partial charge in [0.25, 0.3) is 0 Å². The molecular weight excluding hydrogens is 114 g/mol. The standard InChI is InChI=1S/C4H9N3.C2H6/c1-4(2)7(3)6-5;1-2/h5H,1H2,2-3H3;1-2H3. The van der Waals surface area contributed by atoms with Gasteiger partial charge in [0.2, 0.25) is 0 Å². The Labute approximate surface area is 56.8 Å². The lowest BCUT2D eigenvalue weighted by molar-refractivity contribution is 0.405. The summed E-state index contributed by atoms with van der Waals surface area (Å²) in [6, 6.07) is 0. The molecule has 0 aliphatic rings. The van der Waals surface area contributed by atoms with Gasteiger partial charge in [-0.3, -0.25) is 5.01 Å². The highest BCUT2D eigenvalue weighted by atomic mass is 15.5. The Bertz CT molecular complexity index is 88.3. The predicted molar refractivity (Wildman–Crippen MR) is 39.1 cm³/mol. The molecule has 9 heavy (non-hydrogen) atoms. The van der Waals surface area contributed by atoms with Crippen LogP contribution in [-0.4, -0.2) is 12.1 Å². The van der Waals surface area contributed by atoms with Gasteiger partial charge in [-0.15, -0.1) is 0 Å². The lowest BCUT2D eigenvalue weighted by Crippen LogP contribution is -2.03. The van der Waals surface area contributed by atoms with E-state index in [2.05, 4.69) is 11.8 Å². The summed E-state index contributed by atoms with van der Waals surface area (Å²) >= 11 is 0. The molecule has 0 aromatic heterocycles. The molecule has 0 atom stereocenters. The molecule has 0 radical (unpaired) electrons. The lowest BCUT2D eigenvalue weighted by atomic mass is 10.6. The Kier molecular flexibility index (Phi) is 8.73. The summed E-state index contributed by atoms with van der Waals surface area (Å²) in [5, 5.41) is 4.46. The van der Waals surface area contributed by atoms with E-state index in [1.54, 1.807) is 14.0 Å². The Morgan fingerprint density at radius 1 is 1.56 bits per heavy atom. The van der Waals surface area contributed by atoms with Gasteiger partial charge in [0.05, 0.1) is 0 Å². The molecule has 0 aromatic carbocycles. The molecule has 0 saturated carbocycles. The molecule has 1 N–H and O–H groups in total. The first kappa shape index (κ1) is 11.0. The number of rotatable bonds is 2. The van der Waals surface area contributed by atoms with Crippen LogP contribution in [0.4, 0.5) is 0 Å². The first-order valence-electron chi connectivity index (χ1n) is 2.95. The molecule has 0 heterocycles. The third kappa shape index (κ3) is 7.14. The third-order valence-electron chi connectivity index (χ3n) is 0.702. The highest BCUT2D eigenvalue weighted by Crippen LogP contribution is 1.92. The van der Waals surface area contributed by atoms with Crippen LogP contribution in [0.25, 0.3) is 0 Å². The van der Waals surface area contributed by atoms with Crippen molar-refractivity contribution in [3.63, 3.8) is 0 Å². The lowest BCUT2D eigenvalue weighted by Gasteiger charge is -2.06. The zero-order chi connectivity index (χ0) is 7.86. The fourth-order valence-corrected chi connectivity index (χ4v) is 0.0854. The molecule has 0 rings (SSSR count). The zero-order valence-corrected chi connectivity index (χ0v) is 6.60. The first-order chi connectivity index (χ1) is 4.18. The van der Waals surface area contributed by atoms with Crippen molar-refractivity contribution in [1.82, 2.24) is 5.01 Å². The van der Waals surface area contributed by atoms with E-state index >= 15 is 0 Å². The molecule has 3 nitrogen and oxygen atoms in total. The monoisotopic (exact) mass is 129 g/mol. The van der Waals surface area contributed by atoms with Crippen molar-refractivity contribution in [2.75, 3.05) is 7.05 Å². The Morgan fingerprint density at radius 3 is 1.89 bits per heavy atom. The summed E-state index contributed by atoms with van der Waals surface area (Å²) in [5.74, 6) is 0. The van der Waals surface area contributed by atoms with E-state index in [9.17, 15) is 0 Å². The average Bonchev–Trinajstić information content (AvgIpc) is 1.91. The number of nitrogens with one attached hydrogen (secondary N) is 1. The summed E-state index contributed by atoms with van der Waals surface area (Å²) in [7, 11) is 1.68. The van der Waals surface area contributed by atoms with Gasteiger partial charge in [0.1, 0.15) is 0 Å². The summed E-state index contributed by atoms with van der Waals surface area (Å²) in [5.41, 5.74) is 7.20. The van der Waals surface area contributed by atoms with Crippen molar-refractivity contribution in [3.05, 3.63) is 12.3 Å². The molecule has 0 bridgehead atoms. The first-order valence-corrected chi connectivity index (χ1v) is 2.95. The van der Waals surface area contributed by atoms with Crippen LogP contribution in [0.15, 0.2) is 17.5 Å². The second kappa shape index (κ2) is 7.14. The van der Waals surface area contributed by atoms with Crippen LogP contribution >= 0.6 is 0 Å². The molecule has 0 amide bonds. The van der Waals surface area contributed by atoms with E-state index in [1.807, 2.05) is 13.8 Å². The molecule has 0 fully saturated rings. The zero-order valence-electron chi connectivity index (χ0n) is 6.60. The smallest absolute Gasteiger partial charge is 0.0316 e. The van der Waals surface area contributed by atoms with Gasteiger partial charge in [-0.25, -0.2) is 0 Å². The number of hydrogen-bond donors (Lipinski definition) is 1. The molecule has 0 aliphatic carbocycles. The quantitative estimate of drug-likeness (QED) is 0.451. The van der Waals surface area contributed by atoms with E-state index in [0.29, 0.717) is 0 Å². The SMILES string of the molecule is C=C(C)N(C)N=N.CC. The maximum atomic E-state index is 6.43. The number of nitrogens with zero attached hydrogens (tertiary/aromatic N) is 2. The topological polar surface area (TPSA) is 39.5 Å². The van der Waals surface area contributed by atoms with Gasteiger partial charge in [-0.05, 0) is 6.92 Å². The molecule has 0 spiro atoms. The van der Waals surface area contributed by atoms with Gasteiger partial charge in [-0.2, -0.15) is 5.53 Å². The fourth-order valence-electron chi connectivity index (χ4n) is 0.0854. The maximum Gasteiger partial charge on any atom is 0.0316 e. The number of hydrogen-bond acceptors (Lipinski definition) is 2. The molecule has 0 aliphatic heterocycles. The molecular formula is C6H15N3. The third-order valence-corrected chi connectivity index (χ3v) is 0.702. The van der Waals surface area contributed by atoms with E-state index < -0.39 is 0 Å². The van der Waals surface area contributed by atoms with Gasteiger partial charge in [0, 0.05) is 12.7 Å². The Balaban J connectivity index is 0.